The molecule has 0 unspecified atom stereocenters. The summed E-state index contributed by atoms with van der Waals surface area (Å²) in [7, 11) is 0. The summed E-state index contributed by atoms with van der Waals surface area (Å²) in [6.45, 7) is 5.18. The Morgan fingerprint density at radius 3 is 2.45 bits per heavy atom. The number of carbonyl (C=O) groups excluding carboxylic acids is 2. The van der Waals surface area contributed by atoms with Gasteiger partial charge in [-0.15, -0.1) is 0 Å². The van der Waals surface area contributed by atoms with Gasteiger partial charge < -0.3 is 14.8 Å². The molecule has 0 aliphatic carbocycles. The highest BCUT2D eigenvalue weighted by molar-refractivity contribution is 6.35. The molecule has 0 aliphatic heterocycles. The lowest BCUT2D eigenvalue weighted by molar-refractivity contribution is -0.150. The fraction of sp³-hybridized carbons (Fsp3) is 0.467. The van der Waals surface area contributed by atoms with Crippen LogP contribution in [-0.2, 0) is 14.3 Å². The number of hydrogen-bond acceptors (Lipinski definition) is 4. The molecule has 0 saturated carbocycles. The first kappa shape index (κ1) is 18.6. The fourth-order valence-electron chi connectivity index (χ4n) is 1.38. The molecule has 0 aliphatic rings. The minimum atomic E-state index is -0.654. The summed E-state index contributed by atoms with van der Waals surface area (Å²) < 4.78 is 10.0. The second kappa shape index (κ2) is 8.86. The molecular formula is C15H19Cl2NO4. The summed E-state index contributed by atoms with van der Waals surface area (Å²) >= 11 is 11.7. The zero-order chi connectivity index (χ0) is 16.7. The molecule has 0 heterocycles. The van der Waals surface area contributed by atoms with Crippen molar-refractivity contribution in [3.63, 3.8) is 0 Å². The van der Waals surface area contributed by atoms with Crippen molar-refractivity contribution < 1.29 is 19.1 Å². The largest absolute Gasteiger partial charge is 0.480 e. The van der Waals surface area contributed by atoms with Crippen LogP contribution in [0.15, 0.2) is 18.2 Å². The van der Waals surface area contributed by atoms with Crippen LogP contribution in [-0.4, -0.2) is 31.1 Å². The number of rotatable bonds is 7. The van der Waals surface area contributed by atoms with Crippen LogP contribution in [0.3, 0.4) is 0 Å². The smallest absolute Gasteiger partial charge is 0.344 e. The second-order valence-electron chi connectivity index (χ2n) is 5.12. The second-order valence-corrected chi connectivity index (χ2v) is 5.97. The molecular weight excluding hydrogens is 329 g/mol. The van der Waals surface area contributed by atoms with Crippen LogP contribution in [0, 0.1) is 5.92 Å². The Labute approximate surface area is 139 Å². The van der Waals surface area contributed by atoms with E-state index in [1.165, 1.54) is 6.07 Å². The van der Waals surface area contributed by atoms with Crippen LogP contribution in [0.5, 0.6) is 5.75 Å². The van der Waals surface area contributed by atoms with Gasteiger partial charge in [-0.1, -0.05) is 37.0 Å². The van der Waals surface area contributed by atoms with Crippen molar-refractivity contribution in [2.75, 3.05) is 13.2 Å². The van der Waals surface area contributed by atoms with Crippen LogP contribution < -0.4 is 10.1 Å². The lowest BCUT2D eigenvalue weighted by Gasteiger charge is -2.17. The topological polar surface area (TPSA) is 64.6 Å². The standard InChI is InChI=1S/C15H19Cl2NO4/c1-9(2)10(3)18-14(19)7-22-15(20)8-21-13-5-4-11(16)6-12(13)17/h4-6,9-10H,7-8H2,1-3H3,(H,18,19)/t10-/m0/s1. The molecule has 0 spiro atoms. The van der Waals surface area contributed by atoms with E-state index in [4.69, 9.17) is 32.7 Å². The molecule has 1 amide bonds. The van der Waals surface area contributed by atoms with E-state index in [0.717, 1.165) is 0 Å². The zero-order valence-electron chi connectivity index (χ0n) is 12.7. The molecule has 1 aromatic rings. The van der Waals surface area contributed by atoms with Crippen molar-refractivity contribution >= 4 is 35.1 Å². The van der Waals surface area contributed by atoms with Crippen molar-refractivity contribution in [3.8, 4) is 5.75 Å². The van der Waals surface area contributed by atoms with E-state index >= 15 is 0 Å². The molecule has 22 heavy (non-hydrogen) atoms. The van der Waals surface area contributed by atoms with Crippen LogP contribution in [0.4, 0.5) is 0 Å². The molecule has 122 valence electrons. The Balaban J connectivity index is 2.33. The average Bonchev–Trinajstić information content (AvgIpc) is 2.44. The maximum Gasteiger partial charge on any atom is 0.344 e. The molecule has 7 heteroatoms. The maximum atomic E-state index is 11.6. The van der Waals surface area contributed by atoms with Gasteiger partial charge in [-0.3, -0.25) is 4.79 Å². The normalized spacial score (nSPS) is 11.9. The summed E-state index contributed by atoms with van der Waals surface area (Å²) in [5.74, 6) is -0.381. The van der Waals surface area contributed by atoms with Crippen LogP contribution in [0.2, 0.25) is 10.0 Å². The SMILES string of the molecule is CC(C)[C@H](C)NC(=O)COC(=O)COc1ccc(Cl)cc1Cl. The molecule has 0 saturated heterocycles. The summed E-state index contributed by atoms with van der Waals surface area (Å²) in [4.78, 5) is 23.1. The first-order valence-electron chi connectivity index (χ1n) is 6.82. The van der Waals surface area contributed by atoms with E-state index in [1.807, 2.05) is 20.8 Å². The minimum Gasteiger partial charge on any atom is -0.480 e. The third-order valence-corrected chi connectivity index (χ3v) is 3.52. The third-order valence-electron chi connectivity index (χ3n) is 2.99. The quantitative estimate of drug-likeness (QED) is 0.769. The van der Waals surface area contributed by atoms with Gasteiger partial charge in [-0.05, 0) is 31.0 Å². The van der Waals surface area contributed by atoms with Gasteiger partial charge in [0.1, 0.15) is 5.75 Å². The maximum absolute atomic E-state index is 11.6. The lowest BCUT2D eigenvalue weighted by Crippen LogP contribution is -2.39. The van der Waals surface area contributed by atoms with Crippen molar-refractivity contribution in [1.29, 1.82) is 0 Å². The highest BCUT2D eigenvalue weighted by Gasteiger charge is 2.13. The molecule has 0 radical (unpaired) electrons. The van der Waals surface area contributed by atoms with Crippen molar-refractivity contribution in [2.24, 2.45) is 5.92 Å². The Morgan fingerprint density at radius 1 is 1.18 bits per heavy atom. The van der Waals surface area contributed by atoms with E-state index < -0.39 is 5.97 Å². The van der Waals surface area contributed by atoms with Crippen LogP contribution >= 0.6 is 23.2 Å². The van der Waals surface area contributed by atoms with Gasteiger partial charge in [-0.2, -0.15) is 0 Å². The number of hydrogen-bond donors (Lipinski definition) is 1. The van der Waals surface area contributed by atoms with E-state index in [1.54, 1.807) is 12.1 Å². The number of nitrogens with one attached hydrogen (secondary N) is 1. The Bertz CT molecular complexity index is 534. The fourth-order valence-corrected chi connectivity index (χ4v) is 1.84. The molecule has 1 atom stereocenters. The molecule has 1 N–H and O–H groups in total. The van der Waals surface area contributed by atoms with Gasteiger partial charge >= 0.3 is 5.97 Å². The summed E-state index contributed by atoms with van der Waals surface area (Å²) in [5.41, 5.74) is 0. The lowest BCUT2D eigenvalue weighted by atomic mass is 10.1. The summed E-state index contributed by atoms with van der Waals surface area (Å²) in [6.07, 6.45) is 0. The highest BCUT2D eigenvalue weighted by Crippen LogP contribution is 2.27. The first-order chi connectivity index (χ1) is 10.3. The molecule has 0 bridgehead atoms. The monoisotopic (exact) mass is 347 g/mol. The average molecular weight is 348 g/mol. The summed E-state index contributed by atoms with van der Waals surface area (Å²) in [6, 6.07) is 4.66. The van der Waals surface area contributed by atoms with E-state index in [0.29, 0.717) is 21.7 Å². The molecule has 5 nitrogen and oxygen atoms in total. The highest BCUT2D eigenvalue weighted by atomic mass is 35.5. The first-order valence-corrected chi connectivity index (χ1v) is 7.58. The number of esters is 1. The van der Waals surface area contributed by atoms with E-state index in [2.05, 4.69) is 5.32 Å². The number of amides is 1. The Morgan fingerprint density at radius 2 is 1.86 bits per heavy atom. The van der Waals surface area contributed by atoms with Crippen LogP contribution in [0.25, 0.3) is 0 Å². The molecule has 1 aromatic carbocycles. The minimum absolute atomic E-state index is 0.00956. The predicted molar refractivity (Wildman–Crippen MR) is 85.4 cm³/mol. The van der Waals surface area contributed by atoms with E-state index in [9.17, 15) is 9.59 Å². The number of carbonyl (C=O) groups is 2. The van der Waals surface area contributed by atoms with Gasteiger partial charge in [0.15, 0.2) is 13.2 Å². The van der Waals surface area contributed by atoms with Gasteiger partial charge in [0.2, 0.25) is 0 Å². The van der Waals surface area contributed by atoms with E-state index in [-0.39, 0.29) is 25.2 Å². The molecule has 0 aromatic heterocycles. The third kappa shape index (κ3) is 6.54. The number of ether oxygens (including phenoxy) is 2. The molecule has 1 rings (SSSR count). The van der Waals surface area contributed by atoms with Crippen molar-refractivity contribution in [3.05, 3.63) is 28.2 Å². The number of benzene rings is 1. The summed E-state index contributed by atoms with van der Waals surface area (Å²) in [5, 5.41) is 3.49. The van der Waals surface area contributed by atoms with Crippen molar-refractivity contribution in [1.82, 2.24) is 5.32 Å². The van der Waals surface area contributed by atoms with Gasteiger partial charge in [0.25, 0.3) is 5.91 Å². The van der Waals surface area contributed by atoms with Gasteiger partial charge in [0, 0.05) is 11.1 Å². The Kier molecular flexibility index (Phi) is 7.48. The van der Waals surface area contributed by atoms with Gasteiger partial charge in [0.05, 0.1) is 5.02 Å². The van der Waals surface area contributed by atoms with Gasteiger partial charge in [-0.25, -0.2) is 4.79 Å². The van der Waals surface area contributed by atoms with Crippen molar-refractivity contribution in [2.45, 2.75) is 26.8 Å². The molecule has 0 fully saturated rings. The zero-order valence-corrected chi connectivity index (χ0v) is 14.2. The predicted octanol–water partition coefficient (Wildman–Crippen LogP) is 3.08. The van der Waals surface area contributed by atoms with Crippen LogP contribution in [0.1, 0.15) is 20.8 Å². The number of halogens is 2. The Hall–Kier alpha value is -1.46.